The molecule has 0 unspecified atom stereocenters. The molecule has 1 N–H and O–H groups in total. The van der Waals surface area contributed by atoms with Gasteiger partial charge in [-0.15, -0.1) is 11.3 Å². The highest BCUT2D eigenvalue weighted by Gasteiger charge is 2.24. The number of para-hydroxylation sites is 1. The summed E-state index contributed by atoms with van der Waals surface area (Å²) in [7, 11) is 0. The molecule has 4 rings (SSSR count). The van der Waals surface area contributed by atoms with Crippen LogP contribution >= 0.6 is 22.9 Å². The van der Waals surface area contributed by atoms with Crippen LogP contribution in [0.3, 0.4) is 0 Å². The van der Waals surface area contributed by atoms with Crippen molar-refractivity contribution in [2.75, 3.05) is 0 Å². The van der Waals surface area contributed by atoms with Gasteiger partial charge in [-0.3, -0.25) is 0 Å². The summed E-state index contributed by atoms with van der Waals surface area (Å²) in [6.07, 6.45) is 1.84. The van der Waals surface area contributed by atoms with Crippen LogP contribution in [-0.2, 0) is 5.60 Å². The molecule has 2 aromatic carbocycles. The van der Waals surface area contributed by atoms with Crippen molar-refractivity contribution in [3.8, 4) is 26.7 Å². The molecule has 0 aliphatic carbocycles. The molecule has 2 heterocycles. The maximum Gasteiger partial charge on any atom is 0.103 e. The van der Waals surface area contributed by atoms with Crippen molar-refractivity contribution < 1.29 is 5.11 Å². The van der Waals surface area contributed by atoms with E-state index in [1.807, 2.05) is 41.1 Å². The van der Waals surface area contributed by atoms with Gasteiger partial charge in [-0.25, -0.2) is 4.68 Å². The van der Waals surface area contributed by atoms with Crippen molar-refractivity contribution in [2.45, 2.75) is 19.4 Å². The second-order valence-corrected chi connectivity index (χ2v) is 8.82. The normalized spacial score (nSPS) is 11.6. The smallest absolute Gasteiger partial charge is 0.103 e. The predicted molar refractivity (Wildman–Crippen MR) is 123 cm³/mol. The van der Waals surface area contributed by atoms with Crippen molar-refractivity contribution in [2.24, 2.45) is 0 Å². The lowest BCUT2D eigenvalue weighted by molar-refractivity contribution is 0.0734. The number of aromatic nitrogens is 2. The zero-order chi connectivity index (χ0) is 20.6. The van der Waals surface area contributed by atoms with Gasteiger partial charge in [0.25, 0.3) is 0 Å². The number of rotatable bonds is 5. The van der Waals surface area contributed by atoms with E-state index in [9.17, 15) is 5.11 Å². The third-order valence-corrected chi connectivity index (χ3v) is 6.18. The molecule has 4 aromatic rings. The van der Waals surface area contributed by atoms with Gasteiger partial charge >= 0.3 is 0 Å². The maximum atomic E-state index is 10.5. The molecule has 0 atom stereocenters. The quantitative estimate of drug-likeness (QED) is 0.386. The lowest BCUT2D eigenvalue weighted by atomic mass is 10.1. The summed E-state index contributed by atoms with van der Waals surface area (Å²) >= 11 is 8.12. The molecule has 0 amide bonds. The van der Waals surface area contributed by atoms with E-state index in [0.29, 0.717) is 10.7 Å². The van der Waals surface area contributed by atoms with Crippen LogP contribution in [0.5, 0.6) is 0 Å². The summed E-state index contributed by atoms with van der Waals surface area (Å²) < 4.78 is 1.81. The molecular formula is C24H21ClN2OS. The summed E-state index contributed by atoms with van der Waals surface area (Å²) in [5.74, 6) is 0. The second kappa shape index (κ2) is 7.64. The number of nitrogens with zero attached hydrogens (tertiary/aromatic N) is 2. The Hall–Kier alpha value is -2.66. The van der Waals surface area contributed by atoms with Gasteiger partial charge in [0.05, 0.1) is 27.0 Å². The Bertz CT molecular complexity index is 1170. The summed E-state index contributed by atoms with van der Waals surface area (Å²) in [5, 5.41) is 15.8. The minimum Gasteiger partial charge on any atom is -0.384 e. The Kier molecular flexibility index (Phi) is 5.17. The first-order chi connectivity index (χ1) is 13.9. The molecule has 0 aliphatic rings. The first kappa shape index (κ1) is 19.6. The highest BCUT2D eigenvalue weighted by molar-refractivity contribution is 7.18. The Balaban J connectivity index is 1.82. The van der Waals surface area contributed by atoms with E-state index in [-0.39, 0.29) is 0 Å². The average molecular weight is 421 g/mol. The van der Waals surface area contributed by atoms with Crippen LogP contribution in [-0.4, -0.2) is 14.9 Å². The van der Waals surface area contributed by atoms with Gasteiger partial charge in [-0.2, -0.15) is 5.10 Å². The Labute approximate surface area is 179 Å². The fourth-order valence-electron chi connectivity index (χ4n) is 3.08. The Morgan fingerprint density at radius 3 is 2.38 bits per heavy atom. The molecule has 0 radical (unpaired) electrons. The molecule has 0 bridgehead atoms. The van der Waals surface area contributed by atoms with Crippen LogP contribution < -0.4 is 0 Å². The topological polar surface area (TPSA) is 38.1 Å². The lowest BCUT2D eigenvalue weighted by Gasteiger charge is -2.13. The summed E-state index contributed by atoms with van der Waals surface area (Å²) in [6.45, 7) is 7.27. The van der Waals surface area contributed by atoms with Crippen molar-refractivity contribution >= 4 is 29.0 Å². The van der Waals surface area contributed by atoms with E-state index in [1.54, 1.807) is 25.2 Å². The molecule has 29 heavy (non-hydrogen) atoms. The highest BCUT2D eigenvalue weighted by atomic mass is 35.5. The Morgan fingerprint density at radius 1 is 1.03 bits per heavy atom. The number of hydrogen-bond donors (Lipinski definition) is 1. The largest absolute Gasteiger partial charge is 0.384 e. The molecule has 5 heteroatoms. The maximum absolute atomic E-state index is 10.5. The number of hydrogen-bond acceptors (Lipinski definition) is 3. The van der Waals surface area contributed by atoms with Gasteiger partial charge in [0, 0.05) is 4.88 Å². The van der Waals surface area contributed by atoms with Gasteiger partial charge in [-0.05, 0) is 55.3 Å². The van der Waals surface area contributed by atoms with E-state index in [1.165, 1.54) is 0 Å². The van der Waals surface area contributed by atoms with E-state index in [0.717, 1.165) is 32.3 Å². The average Bonchev–Trinajstić information content (AvgIpc) is 3.35. The van der Waals surface area contributed by atoms with E-state index in [4.69, 9.17) is 11.6 Å². The SMILES string of the molecule is C=Cc1ccc(-c2ccc(-c3cc(C(C)(C)O)nn3-c3ccccc3Cl)s2)cc1. The monoisotopic (exact) mass is 420 g/mol. The number of thiophene rings is 1. The van der Waals surface area contributed by atoms with Crippen LogP contribution in [0, 0.1) is 0 Å². The van der Waals surface area contributed by atoms with Gasteiger partial charge in [0.2, 0.25) is 0 Å². The molecule has 2 aromatic heterocycles. The van der Waals surface area contributed by atoms with E-state index in [2.05, 4.69) is 48.1 Å². The first-order valence-electron chi connectivity index (χ1n) is 9.28. The number of halogens is 1. The van der Waals surface area contributed by atoms with Crippen LogP contribution in [0.2, 0.25) is 5.02 Å². The molecule has 0 fully saturated rings. The van der Waals surface area contributed by atoms with Crippen molar-refractivity contribution in [3.05, 3.63) is 89.6 Å². The van der Waals surface area contributed by atoms with Crippen molar-refractivity contribution in [1.29, 1.82) is 0 Å². The summed E-state index contributed by atoms with van der Waals surface area (Å²) in [5.41, 5.74) is 3.47. The standard InChI is InChI=1S/C24H21ClN2OS/c1-4-16-9-11-17(12-10-16)21-13-14-22(29-21)20-15-23(24(2,3)28)26-27(20)19-8-6-5-7-18(19)25/h4-15,28H,1H2,2-3H3. The lowest BCUT2D eigenvalue weighted by Crippen LogP contribution is -2.16. The van der Waals surface area contributed by atoms with Crippen LogP contribution in [0.25, 0.3) is 32.8 Å². The van der Waals surface area contributed by atoms with Gasteiger partial charge in [-0.1, -0.05) is 60.7 Å². The summed E-state index contributed by atoms with van der Waals surface area (Å²) in [4.78, 5) is 2.21. The molecule has 0 aliphatic heterocycles. The van der Waals surface area contributed by atoms with E-state index >= 15 is 0 Å². The van der Waals surface area contributed by atoms with Crippen LogP contribution in [0.15, 0.2) is 73.3 Å². The van der Waals surface area contributed by atoms with Crippen LogP contribution in [0.4, 0.5) is 0 Å². The minimum absolute atomic E-state index is 0.595. The Morgan fingerprint density at radius 2 is 1.72 bits per heavy atom. The molecule has 0 saturated heterocycles. The van der Waals surface area contributed by atoms with Gasteiger partial charge < -0.3 is 5.11 Å². The third kappa shape index (κ3) is 3.92. The summed E-state index contributed by atoms with van der Waals surface area (Å²) in [6, 6.07) is 22.0. The number of aliphatic hydroxyl groups is 1. The van der Waals surface area contributed by atoms with Gasteiger partial charge in [0.15, 0.2) is 0 Å². The zero-order valence-electron chi connectivity index (χ0n) is 16.3. The molecule has 146 valence electrons. The first-order valence-corrected chi connectivity index (χ1v) is 10.5. The fourth-order valence-corrected chi connectivity index (χ4v) is 4.31. The van der Waals surface area contributed by atoms with E-state index < -0.39 is 5.60 Å². The molecular weight excluding hydrogens is 400 g/mol. The second-order valence-electron chi connectivity index (χ2n) is 7.33. The van der Waals surface area contributed by atoms with Crippen molar-refractivity contribution in [1.82, 2.24) is 9.78 Å². The fraction of sp³-hybridized carbons (Fsp3) is 0.125. The van der Waals surface area contributed by atoms with Crippen molar-refractivity contribution in [3.63, 3.8) is 0 Å². The highest BCUT2D eigenvalue weighted by Crippen LogP contribution is 2.38. The minimum atomic E-state index is -1.05. The van der Waals surface area contributed by atoms with Gasteiger partial charge in [0.1, 0.15) is 5.60 Å². The molecule has 3 nitrogen and oxygen atoms in total. The predicted octanol–water partition coefficient (Wildman–Crippen LogP) is 6.79. The number of benzene rings is 2. The molecule has 0 saturated carbocycles. The third-order valence-electron chi connectivity index (χ3n) is 4.71. The zero-order valence-corrected chi connectivity index (χ0v) is 17.8. The molecule has 0 spiro atoms. The van der Waals surface area contributed by atoms with Crippen LogP contribution in [0.1, 0.15) is 25.1 Å².